The van der Waals surface area contributed by atoms with Gasteiger partial charge in [-0.25, -0.2) is 0 Å². The van der Waals surface area contributed by atoms with Gasteiger partial charge in [-0.3, -0.25) is 4.79 Å². The smallest absolute Gasteiger partial charge is 0.229 e. The van der Waals surface area contributed by atoms with Crippen LogP contribution in [0.25, 0.3) is 0 Å². The molecule has 0 aromatic rings. The Bertz CT molecular complexity index is 685. The molecule has 0 saturated carbocycles. The minimum Gasteiger partial charge on any atom is -0.508 e. The summed E-state index contributed by atoms with van der Waals surface area (Å²) in [7, 11) is 1.31. The van der Waals surface area contributed by atoms with Gasteiger partial charge in [0.15, 0.2) is 0 Å². The molecule has 0 saturated heterocycles. The van der Waals surface area contributed by atoms with E-state index >= 15 is 0 Å². The van der Waals surface area contributed by atoms with Crippen LogP contribution in [-0.4, -0.2) is 52.1 Å². The lowest BCUT2D eigenvalue weighted by Crippen LogP contribution is -2.40. The van der Waals surface area contributed by atoms with E-state index < -0.39 is 18.0 Å². The van der Waals surface area contributed by atoms with E-state index in [1.165, 1.54) is 7.11 Å². The molecule has 0 radical (unpaired) electrons. The number of hydrogen-bond donors (Lipinski definition) is 4. The van der Waals surface area contributed by atoms with E-state index in [4.69, 9.17) is 9.84 Å². The van der Waals surface area contributed by atoms with E-state index in [0.29, 0.717) is 12.8 Å². The average Bonchev–Trinajstić information content (AvgIpc) is 2.66. The fraction of sp³-hybridized carbons (Fsp3) is 0.609. The van der Waals surface area contributed by atoms with Crippen molar-refractivity contribution < 1.29 is 30.0 Å². The molecule has 164 valence electrons. The molecule has 0 aromatic carbocycles. The van der Waals surface area contributed by atoms with Crippen molar-refractivity contribution in [1.29, 1.82) is 0 Å². The molecule has 29 heavy (non-hydrogen) atoms. The molecule has 0 heterocycles. The summed E-state index contributed by atoms with van der Waals surface area (Å²) in [6.07, 6.45) is 6.66. The number of aliphatic hydroxyl groups is 4. The lowest BCUT2D eigenvalue weighted by atomic mass is 9.77. The van der Waals surface area contributed by atoms with Crippen LogP contribution in [0.4, 0.5) is 0 Å². The van der Waals surface area contributed by atoms with Crippen LogP contribution in [-0.2, 0) is 9.53 Å². The van der Waals surface area contributed by atoms with E-state index in [2.05, 4.69) is 6.08 Å². The molecule has 4 atom stereocenters. The number of ether oxygens (including phenoxy) is 1. The zero-order valence-electron chi connectivity index (χ0n) is 18.2. The minimum atomic E-state index is -1.18. The molecule has 0 unspecified atom stereocenters. The number of rotatable bonds is 10. The molecule has 0 aromatic heterocycles. The fourth-order valence-corrected chi connectivity index (χ4v) is 3.51. The van der Waals surface area contributed by atoms with E-state index in [1.54, 1.807) is 19.9 Å². The van der Waals surface area contributed by atoms with Crippen molar-refractivity contribution in [2.75, 3.05) is 13.7 Å². The molecule has 6 nitrogen and oxygen atoms in total. The maximum Gasteiger partial charge on any atom is 0.229 e. The van der Waals surface area contributed by atoms with Crippen LogP contribution in [0.5, 0.6) is 0 Å². The number of hydrogen-bond acceptors (Lipinski definition) is 6. The van der Waals surface area contributed by atoms with Crippen molar-refractivity contribution in [2.24, 2.45) is 11.8 Å². The summed E-state index contributed by atoms with van der Waals surface area (Å²) in [6.45, 7) is 7.48. The van der Waals surface area contributed by atoms with E-state index in [0.717, 1.165) is 29.6 Å². The third-order valence-corrected chi connectivity index (χ3v) is 5.44. The first-order chi connectivity index (χ1) is 13.6. The first-order valence-corrected chi connectivity index (χ1v) is 10.1. The van der Waals surface area contributed by atoms with Gasteiger partial charge in [-0.15, -0.1) is 0 Å². The van der Waals surface area contributed by atoms with Crippen molar-refractivity contribution in [2.45, 2.75) is 65.6 Å². The molecule has 0 amide bonds. The first kappa shape index (κ1) is 25.1. The van der Waals surface area contributed by atoms with Gasteiger partial charge in [-0.05, 0) is 52.0 Å². The molecule has 1 aliphatic rings. The van der Waals surface area contributed by atoms with Crippen LogP contribution in [0.1, 0.15) is 53.4 Å². The van der Waals surface area contributed by atoms with Crippen molar-refractivity contribution in [3.05, 3.63) is 46.5 Å². The lowest BCUT2D eigenvalue weighted by molar-refractivity contribution is -0.132. The standard InChI is InChI=1S/C23H36O6/c1-14(7-6-8-15(2)11-18(25)12-16(3)13-24)9-10-19-17(4)20(26)23(29-5)22(28)21(19)27/h8-9,12,17-19,21,24-27H,6-7,10-11,13H2,1-5H3/t17-,18+,19-,21-/m1/s1. The zero-order chi connectivity index (χ0) is 22.1. The molecular weight excluding hydrogens is 372 g/mol. The highest BCUT2D eigenvalue weighted by Gasteiger charge is 2.41. The SMILES string of the molecule is COC1=C(O)[C@H](C)[C@@H](CC=C(C)CCC=C(C)C[C@H](O)C=C(C)CO)[C@@H](O)C1=O. The number of aliphatic hydroxyl groups excluding tert-OH is 4. The Morgan fingerprint density at radius 1 is 1.17 bits per heavy atom. The number of ketones is 1. The van der Waals surface area contributed by atoms with Crippen molar-refractivity contribution in [3.8, 4) is 0 Å². The van der Waals surface area contributed by atoms with Gasteiger partial charge in [0.25, 0.3) is 0 Å². The third kappa shape index (κ3) is 7.46. The molecule has 1 rings (SSSR count). The summed E-state index contributed by atoms with van der Waals surface area (Å²) in [5.74, 6) is -1.55. The second-order valence-electron chi connectivity index (χ2n) is 8.00. The van der Waals surface area contributed by atoms with Crippen molar-refractivity contribution in [3.63, 3.8) is 0 Å². The number of methoxy groups -OCH3 is 1. The molecule has 0 fully saturated rings. The second-order valence-corrected chi connectivity index (χ2v) is 8.00. The predicted octanol–water partition coefficient (Wildman–Crippen LogP) is 3.35. The first-order valence-electron chi connectivity index (χ1n) is 10.1. The summed E-state index contributed by atoms with van der Waals surface area (Å²) in [5, 5.41) is 39.4. The average molecular weight is 409 g/mol. The summed E-state index contributed by atoms with van der Waals surface area (Å²) < 4.78 is 4.93. The van der Waals surface area contributed by atoms with Gasteiger partial charge >= 0.3 is 0 Å². The van der Waals surface area contributed by atoms with Gasteiger partial charge in [0, 0.05) is 11.8 Å². The fourth-order valence-electron chi connectivity index (χ4n) is 3.51. The molecule has 6 heteroatoms. The van der Waals surface area contributed by atoms with Gasteiger partial charge in [0.05, 0.1) is 19.8 Å². The maximum atomic E-state index is 12.1. The van der Waals surface area contributed by atoms with E-state index in [-0.39, 0.29) is 30.0 Å². The van der Waals surface area contributed by atoms with E-state index in [9.17, 15) is 20.1 Å². The minimum absolute atomic E-state index is 0.0515. The monoisotopic (exact) mass is 408 g/mol. The Morgan fingerprint density at radius 3 is 2.41 bits per heavy atom. The number of carbonyl (C=O) groups is 1. The van der Waals surface area contributed by atoms with Crippen molar-refractivity contribution in [1.82, 2.24) is 0 Å². The quantitative estimate of drug-likeness (QED) is 0.413. The van der Waals surface area contributed by atoms with Gasteiger partial charge in [-0.2, -0.15) is 0 Å². The highest BCUT2D eigenvalue weighted by Crippen LogP contribution is 2.34. The Kier molecular flexibility index (Phi) is 10.4. The predicted molar refractivity (Wildman–Crippen MR) is 113 cm³/mol. The molecule has 0 bridgehead atoms. The van der Waals surface area contributed by atoms with Gasteiger partial charge in [0.2, 0.25) is 11.5 Å². The Balaban J connectivity index is 2.60. The molecule has 0 spiro atoms. The lowest BCUT2D eigenvalue weighted by Gasteiger charge is -2.32. The molecule has 0 aliphatic heterocycles. The number of carbonyl (C=O) groups excluding carboxylic acids is 1. The van der Waals surface area contributed by atoms with Crippen LogP contribution in [0.15, 0.2) is 46.5 Å². The van der Waals surface area contributed by atoms with Gasteiger partial charge < -0.3 is 25.2 Å². The van der Waals surface area contributed by atoms with Gasteiger partial charge in [0.1, 0.15) is 11.9 Å². The van der Waals surface area contributed by atoms with E-state index in [1.807, 2.05) is 19.9 Å². The normalized spacial score (nSPS) is 25.4. The zero-order valence-corrected chi connectivity index (χ0v) is 18.2. The third-order valence-electron chi connectivity index (χ3n) is 5.44. The number of allylic oxidation sites excluding steroid dienone is 4. The summed E-state index contributed by atoms with van der Waals surface area (Å²) in [4.78, 5) is 12.1. The molecule has 4 N–H and O–H groups in total. The maximum absolute atomic E-state index is 12.1. The van der Waals surface area contributed by atoms with Crippen molar-refractivity contribution >= 4 is 5.78 Å². The van der Waals surface area contributed by atoms with Gasteiger partial charge in [-0.1, -0.05) is 36.3 Å². The topological polar surface area (TPSA) is 107 Å². The van der Waals surface area contributed by atoms with Crippen LogP contribution in [0.2, 0.25) is 0 Å². The summed E-state index contributed by atoms with van der Waals surface area (Å²) >= 11 is 0. The van der Waals surface area contributed by atoms with Crippen LogP contribution in [0.3, 0.4) is 0 Å². The second kappa shape index (κ2) is 12.0. The number of Topliss-reactive ketones (excluding diaryl/α,β-unsaturated/α-hetero) is 1. The summed E-state index contributed by atoms with van der Waals surface area (Å²) in [5.41, 5.74) is 2.97. The highest BCUT2D eigenvalue weighted by atomic mass is 16.5. The summed E-state index contributed by atoms with van der Waals surface area (Å²) in [6, 6.07) is 0. The Hall–Kier alpha value is -1.89. The largest absolute Gasteiger partial charge is 0.508 e. The Morgan fingerprint density at radius 2 is 1.83 bits per heavy atom. The molecular formula is C23H36O6. The Labute approximate surface area is 173 Å². The van der Waals surface area contributed by atoms with Crippen LogP contribution in [0, 0.1) is 11.8 Å². The molecule has 1 aliphatic carbocycles. The van der Waals surface area contributed by atoms with Crippen LogP contribution < -0.4 is 0 Å². The van der Waals surface area contributed by atoms with Crippen LogP contribution >= 0.6 is 0 Å². The highest BCUT2D eigenvalue weighted by molar-refractivity contribution is 5.98.